The minimum absolute atomic E-state index is 0.0193. The van der Waals surface area contributed by atoms with Crippen molar-refractivity contribution in [3.05, 3.63) is 27.3 Å². The molecule has 0 radical (unpaired) electrons. The molecule has 1 aromatic carbocycles. The highest BCUT2D eigenvalue weighted by Crippen LogP contribution is 2.24. The Morgan fingerprint density at radius 3 is 2.94 bits per heavy atom. The van der Waals surface area contributed by atoms with Gasteiger partial charge in [0.25, 0.3) is 5.91 Å². The summed E-state index contributed by atoms with van der Waals surface area (Å²) in [4.78, 5) is 14.3. The molecule has 1 N–H and O–H groups in total. The van der Waals surface area contributed by atoms with Gasteiger partial charge < -0.3 is 10.0 Å². The van der Waals surface area contributed by atoms with E-state index in [2.05, 4.69) is 15.9 Å². The first kappa shape index (κ1) is 14.1. The van der Waals surface area contributed by atoms with Crippen LogP contribution in [0.3, 0.4) is 0 Å². The number of benzene rings is 1. The number of aromatic hydroxyl groups is 1. The molecule has 0 bridgehead atoms. The number of carbonyl (C=O) groups is 1. The Bertz CT molecular complexity index is 453. The van der Waals surface area contributed by atoms with E-state index < -0.39 is 0 Å². The number of piperidine rings is 1. The number of carbonyl (C=O) groups excluding carboxylic acids is 1. The van der Waals surface area contributed by atoms with E-state index in [0.29, 0.717) is 5.56 Å². The largest absolute Gasteiger partial charge is 0.507 e. The molecule has 0 aliphatic carbocycles. The number of likely N-dealkylation sites (tertiary alicyclic amines) is 1. The fourth-order valence-electron chi connectivity index (χ4n) is 2.24. The van der Waals surface area contributed by atoms with Crippen molar-refractivity contribution in [2.45, 2.75) is 25.3 Å². The number of nitrogens with zero attached hydrogens (tertiary/aromatic N) is 1. The van der Waals surface area contributed by atoms with Crippen molar-refractivity contribution >= 4 is 44.4 Å². The molecule has 1 atom stereocenters. The Hall–Kier alpha value is -0.300. The van der Waals surface area contributed by atoms with Crippen molar-refractivity contribution in [1.29, 1.82) is 0 Å². The molecule has 98 valence electrons. The van der Waals surface area contributed by atoms with Gasteiger partial charge in [-0.2, -0.15) is 0 Å². The number of alkyl halides is 1. The first-order valence-electron chi connectivity index (χ1n) is 5.99. The summed E-state index contributed by atoms with van der Waals surface area (Å²) >= 11 is 5.52. The lowest BCUT2D eigenvalue weighted by atomic mass is 10.0. The lowest BCUT2D eigenvalue weighted by Gasteiger charge is -2.34. The molecule has 0 saturated carbocycles. The monoisotopic (exact) mass is 423 g/mol. The van der Waals surface area contributed by atoms with Crippen LogP contribution in [0.4, 0.5) is 0 Å². The zero-order valence-electron chi connectivity index (χ0n) is 9.90. The molecule has 2 rings (SSSR count). The predicted octanol–water partition coefficient (Wildman–Crippen LogP) is 3.39. The summed E-state index contributed by atoms with van der Waals surface area (Å²) < 4.78 is 0.764. The molecule has 0 aromatic heterocycles. The standard InChI is InChI=1S/C13H15BrINO2/c14-8-10-3-1-2-6-16(10)13(18)9-4-5-11(15)12(17)7-9/h4-5,7,10,17H,1-3,6,8H2. The highest BCUT2D eigenvalue weighted by atomic mass is 127. The third kappa shape index (κ3) is 2.99. The smallest absolute Gasteiger partial charge is 0.254 e. The van der Waals surface area contributed by atoms with Crippen LogP contribution in [-0.4, -0.2) is 33.8 Å². The molecular formula is C13H15BrINO2. The van der Waals surface area contributed by atoms with Crippen molar-refractivity contribution in [2.24, 2.45) is 0 Å². The number of halogens is 2. The number of amides is 1. The van der Waals surface area contributed by atoms with Crippen LogP contribution in [0.2, 0.25) is 0 Å². The molecule has 1 aliphatic heterocycles. The zero-order chi connectivity index (χ0) is 13.1. The van der Waals surface area contributed by atoms with Crippen molar-refractivity contribution in [3.8, 4) is 5.75 Å². The fraction of sp³-hybridized carbons (Fsp3) is 0.462. The van der Waals surface area contributed by atoms with Crippen molar-refractivity contribution in [1.82, 2.24) is 4.90 Å². The van der Waals surface area contributed by atoms with Crippen LogP contribution >= 0.6 is 38.5 Å². The van der Waals surface area contributed by atoms with E-state index in [0.717, 1.165) is 28.3 Å². The minimum Gasteiger partial charge on any atom is -0.507 e. The average Bonchev–Trinajstić information content (AvgIpc) is 2.41. The molecule has 0 spiro atoms. The maximum absolute atomic E-state index is 12.4. The summed E-state index contributed by atoms with van der Waals surface area (Å²) in [6, 6.07) is 5.39. The summed E-state index contributed by atoms with van der Waals surface area (Å²) in [5, 5.41) is 10.5. The van der Waals surface area contributed by atoms with Crippen molar-refractivity contribution in [2.75, 3.05) is 11.9 Å². The Balaban J connectivity index is 2.21. The number of hydrogen-bond donors (Lipinski definition) is 1. The van der Waals surface area contributed by atoms with Gasteiger partial charge in [-0.15, -0.1) is 0 Å². The Morgan fingerprint density at radius 2 is 2.28 bits per heavy atom. The van der Waals surface area contributed by atoms with E-state index in [1.807, 2.05) is 27.5 Å². The Kier molecular flexibility index (Phi) is 4.89. The molecule has 1 saturated heterocycles. The van der Waals surface area contributed by atoms with Crippen molar-refractivity contribution in [3.63, 3.8) is 0 Å². The second-order valence-electron chi connectivity index (χ2n) is 4.47. The molecule has 1 fully saturated rings. The molecular weight excluding hydrogens is 409 g/mol. The van der Waals surface area contributed by atoms with Gasteiger partial charge in [-0.05, 0) is 60.1 Å². The van der Waals surface area contributed by atoms with Gasteiger partial charge in [0.2, 0.25) is 0 Å². The first-order valence-corrected chi connectivity index (χ1v) is 8.19. The number of phenols is 1. The second kappa shape index (κ2) is 6.23. The molecule has 1 aliphatic rings. The predicted molar refractivity (Wildman–Crippen MR) is 83.3 cm³/mol. The van der Waals surface area contributed by atoms with Crippen LogP contribution < -0.4 is 0 Å². The maximum atomic E-state index is 12.4. The summed E-state index contributed by atoms with van der Waals surface area (Å²) in [6.07, 6.45) is 3.29. The summed E-state index contributed by atoms with van der Waals surface area (Å²) in [5.74, 6) is 0.194. The SMILES string of the molecule is O=C(c1ccc(I)c(O)c1)N1CCCCC1CBr. The van der Waals surface area contributed by atoms with Gasteiger partial charge in [-0.25, -0.2) is 0 Å². The van der Waals surface area contributed by atoms with Crippen molar-refractivity contribution < 1.29 is 9.90 Å². The summed E-state index contributed by atoms with van der Waals surface area (Å²) in [5.41, 5.74) is 0.570. The molecule has 1 amide bonds. The highest BCUT2D eigenvalue weighted by molar-refractivity contribution is 14.1. The molecule has 3 nitrogen and oxygen atoms in total. The van der Waals surface area contributed by atoms with Crippen LogP contribution in [0.1, 0.15) is 29.6 Å². The number of hydrogen-bond acceptors (Lipinski definition) is 2. The molecule has 1 heterocycles. The van der Waals surface area contributed by atoms with E-state index in [9.17, 15) is 9.90 Å². The van der Waals surface area contributed by atoms with Crippen LogP contribution in [-0.2, 0) is 0 Å². The lowest BCUT2D eigenvalue weighted by molar-refractivity contribution is 0.0641. The summed E-state index contributed by atoms with van der Waals surface area (Å²) in [7, 11) is 0. The Labute approximate surface area is 129 Å². The van der Waals surface area contributed by atoms with E-state index in [1.54, 1.807) is 18.2 Å². The second-order valence-corrected chi connectivity index (χ2v) is 6.28. The van der Waals surface area contributed by atoms with Gasteiger partial charge in [-0.3, -0.25) is 4.79 Å². The maximum Gasteiger partial charge on any atom is 0.254 e. The minimum atomic E-state index is 0.0193. The number of phenolic OH excluding ortho intramolecular Hbond substituents is 1. The van der Waals surface area contributed by atoms with Crippen LogP contribution in [0.15, 0.2) is 18.2 Å². The quantitative estimate of drug-likeness (QED) is 0.585. The third-order valence-corrected chi connectivity index (χ3v) is 4.92. The molecule has 1 aromatic rings. The highest BCUT2D eigenvalue weighted by Gasteiger charge is 2.26. The van der Waals surface area contributed by atoms with E-state index >= 15 is 0 Å². The van der Waals surface area contributed by atoms with E-state index in [4.69, 9.17) is 0 Å². The normalized spacial score (nSPS) is 19.9. The molecule has 18 heavy (non-hydrogen) atoms. The van der Waals surface area contributed by atoms with E-state index in [-0.39, 0.29) is 17.7 Å². The first-order chi connectivity index (χ1) is 8.63. The van der Waals surface area contributed by atoms with Crippen LogP contribution in [0.25, 0.3) is 0 Å². The summed E-state index contributed by atoms with van der Waals surface area (Å²) in [6.45, 7) is 0.807. The lowest BCUT2D eigenvalue weighted by Crippen LogP contribution is -2.44. The Morgan fingerprint density at radius 1 is 1.50 bits per heavy atom. The van der Waals surface area contributed by atoms with Gasteiger partial charge in [0.15, 0.2) is 0 Å². The number of rotatable bonds is 2. The van der Waals surface area contributed by atoms with Gasteiger partial charge in [0.1, 0.15) is 5.75 Å². The fourth-order valence-corrected chi connectivity index (χ4v) is 3.25. The topological polar surface area (TPSA) is 40.5 Å². The third-order valence-electron chi connectivity index (χ3n) is 3.26. The average molecular weight is 424 g/mol. The van der Waals surface area contributed by atoms with Gasteiger partial charge >= 0.3 is 0 Å². The van der Waals surface area contributed by atoms with Gasteiger partial charge in [0.05, 0.1) is 3.57 Å². The zero-order valence-corrected chi connectivity index (χ0v) is 13.6. The molecule has 1 unspecified atom stereocenters. The molecule has 5 heteroatoms. The van der Waals surface area contributed by atoms with Gasteiger partial charge in [-0.1, -0.05) is 15.9 Å². The van der Waals surface area contributed by atoms with Crippen LogP contribution in [0.5, 0.6) is 5.75 Å². The van der Waals surface area contributed by atoms with E-state index in [1.165, 1.54) is 6.42 Å². The van der Waals surface area contributed by atoms with Crippen LogP contribution in [0, 0.1) is 3.57 Å². The van der Waals surface area contributed by atoms with Gasteiger partial charge in [0, 0.05) is 23.5 Å².